The number of thiophene rings is 1. The van der Waals surface area contributed by atoms with Crippen molar-refractivity contribution in [1.82, 2.24) is 9.97 Å². The largest absolute Gasteiger partial charge is 0.235 e. The molecule has 0 amide bonds. The minimum absolute atomic E-state index is 0.763. The topological polar surface area (TPSA) is 25.8 Å². The molecule has 0 aliphatic heterocycles. The molecule has 0 fully saturated rings. The molecule has 0 radical (unpaired) electrons. The van der Waals surface area contributed by atoms with Crippen LogP contribution in [-0.2, 0) is 0 Å². The van der Waals surface area contributed by atoms with Crippen molar-refractivity contribution in [3.63, 3.8) is 0 Å². The number of hydrogen-bond acceptors (Lipinski definition) is 3. The van der Waals surface area contributed by atoms with Gasteiger partial charge in [0.1, 0.15) is 0 Å². The standard InChI is InChI=1S/C8H4Br2N2S/c9-5-3-11-8(12-4-5)6-1-2-7(10)13-6/h1-4H. The van der Waals surface area contributed by atoms with Gasteiger partial charge in [0.25, 0.3) is 0 Å². The van der Waals surface area contributed by atoms with Crippen LogP contribution in [0, 0.1) is 0 Å². The van der Waals surface area contributed by atoms with Crippen LogP contribution in [0.1, 0.15) is 0 Å². The van der Waals surface area contributed by atoms with Gasteiger partial charge in [-0.2, -0.15) is 0 Å². The second-order valence-electron chi connectivity index (χ2n) is 2.33. The SMILES string of the molecule is Brc1cnc(-c2ccc(Br)s2)nc1. The molecule has 0 aliphatic carbocycles. The average molecular weight is 320 g/mol. The third-order valence-electron chi connectivity index (χ3n) is 1.41. The predicted octanol–water partition coefficient (Wildman–Crippen LogP) is 3.73. The summed E-state index contributed by atoms with van der Waals surface area (Å²) in [5.41, 5.74) is 0. The molecule has 0 aliphatic rings. The summed E-state index contributed by atoms with van der Waals surface area (Å²) in [5, 5.41) is 0. The van der Waals surface area contributed by atoms with E-state index < -0.39 is 0 Å². The molecule has 0 saturated carbocycles. The fourth-order valence-electron chi connectivity index (χ4n) is 0.874. The molecule has 0 saturated heterocycles. The van der Waals surface area contributed by atoms with Gasteiger partial charge in [0, 0.05) is 12.4 Å². The molecule has 2 heterocycles. The van der Waals surface area contributed by atoms with Crippen molar-refractivity contribution < 1.29 is 0 Å². The Bertz CT molecular complexity index is 410. The highest BCUT2D eigenvalue weighted by Gasteiger charge is 2.03. The smallest absolute Gasteiger partial charge is 0.169 e. The van der Waals surface area contributed by atoms with Gasteiger partial charge in [0.05, 0.1) is 13.1 Å². The average Bonchev–Trinajstić information content (AvgIpc) is 2.53. The van der Waals surface area contributed by atoms with Crippen LogP contribution in [0.5, 0.6) is 0 Å². The van der Waals surface area contributed by atoms with Crippen LogP contribution in [0.3, 0.4) is 0 Å². The molecule has 2 aromatic heterocycles. The van der Waals surface area contributed by atoms with Crippen LogP contribution in [0.4, 0.5) is 0 Å². The van der Waals surface area contributed by atoms with Gasteiger partial charge >= 0.3 is 0 Å². The lowest BCUT2D eigenvalue weighted by molar-refractivity contribution is 1.17. The quantitative estimate of drug-likeness (QED) is 0.800. The first-order valence-electron chi connectivity index (χ1n) is 3.49. The number of hydrogen-bond donors (Lipinski definition) is 0. The van der Waals surface area contributed by atoms with Crippen molar-refractivity contribution in [2.24, 2.45) is 0 Å². The first-order valence-corrected chi connectivity index (χ1v) is 5.89. The Morgan fingerprint density at radius 1 is 1.08 bits per heavy atom. The Hall–Kier alpha value is -0.260. The van der Waals surface area contributed by atoms with Crippen LogP contribution in [0.2, 0.25) is 0 Å². The first kappa shape index (κ1) is 9.30. The van der Waals surface area contributed by atoms with E-state index in [0.717, 1.165) is 19.0 Å². The maximum absolute atomic E-state index is 4.19. The molecule has 2 aromatic rings. The number of aromatic nitrogens is 2. The van der Waals surface area contributed by atoms with Crippen molar-refractivity contribution in [3.8, 4) is 10.7 Å². The fourth-order valence-corrected chi connectivity index (χ4v) is 2.41. The van der Waals surface area contributed by atoms with Crippen LogP contribution in [0.25, 0.3) is 10.7 Å². The lowest BCUT2D eigenvalue weighted by Crippen LogP contribution is -1.83. The van der Waals surface area contributed by atoms with Crippen LogP contribution >= 0.6 is 43.2 Å². The molecular formula is C8H4Br2N2S. The molecule has 0 unspecified atom stereocenters. The monoisotopic (exact) mass is 318 g/mol. The minimum Gasteiger partial charge on any atom is -0.235 e. The lowest BCUT2D eigenvalue weighted by Gasteiger charge is -1.93. The Balaban J connectivity index is 2.41. The van der Waals surface area contributed by atoms with Crippen LogP contribution in [0.15, 0.2) is 32.8 Å². The summed E-state index contributed by atoms with van der Waals surface area (Å²) in [5.74, 6) is 0.763. The summed E-state index contributed by atoms with van der Waals surface area (Å²) >= 11 is 8.31. The second-order valence-corrected chi connectivity index (χ2v) is 5.71. The van der Waals surface area contributed by atoms with E-state index in [-0.39, 0.29) is 0 Å². The van der Waals surface area contributed by atoms with Crippen molar-refractivity contribution in [1.29, 1.82) is 0 Å². The molecule has 2 rings (SSSR count). The number of nitrogens with zero attached hydrogens (tertiary/aromatic N) is 2. The van der Waals surface area contributed by atoms with Crippen LogP contribution < -0.4 is 0 Å². The summed E-state index contributed by atoms with van der Waals surface area (Å²) in [7, 11) is 0. The van der Waals surface area contributed by atoms with E-state index in [1.165, 1.54) is 0 Å². The van der Waals surface area contributed by atoms with E-state index in [1.807, 2.05) is 12.1 Å². The second kappa shape index (κ2) is 3.86. The fraction of sp³-hybridized carbons (Fsp3) is 0. The molecule has 0 atom stereocenters. The van der Waals surface area contributed by atoms with Gasteiger partial charge in [0.15, 0.2) is 5.82 Å². The molecule has 0 aromatic carbocycles. The third-order valence-corrected chi connectivity index (χ3v) is 3.44. The van der Waals surface area contributed by atoms with Gasteiger partial charge < -0.3 is 0 Å². The Kier molecular flexibility index (Phi) is 2.76. The molecule has 5 heteroatoms. The maximum atomic E-state index is 4.19. The molecule has 0 bridgehead atoms. The van der Waals surface area contributed by atoms with Gasteiger partial charge in [0.2, 0.25) is 0 Å². The van der Waals surface area contributed by atoms with Gasteiger partial charge in [-0.25, -0.2) is 9.97 Å². The molecule has 0 N–H and O–H groups in total. The zero-order valence-electron chi connectivity index (χ0n) is 6.37. The Morgan fingerprint density at radius 3 is 2.31 bits per heavy atom. The van der Waals surface area contributed by atoms with Gasteiger partial charge in [-0.15, -0.1) is 11.3 Å². The highest BCUT2D eigenvalue weighted by atomic mass is 79.9. The number of halogens is 2. The summed E-state index contributed by atoms with van der Waals surface area (Å²) in [6, 6.07) is 3.99. The summed E-state index contributed by atoms with van der Waals surface area (Å²) in [4.78, 5) is 9.46. The van der Waals surface area contributed by atoms with Gasteiger partial charge in [-0.1, -0.05) is 0 Å². The minimum atomic E-state index is 0.763. The van der Waals surface area contributed by atoms with E-state index in [2.05, 4.69) is 41.8 Å². The van der Waals surface area contributed by atoms with E-state index in [9.17, 15) is 0 Å². The van der Waals surface area contributed by atoms with Crippen LogP contribution in [-0.4, -0.2) is 9.97 Å². The summed E-state index contributed by atoms with van der Waals surface area (Å²) in [6.45, 7) is 0. The van der Waals surface area contributed by atoms with Crippen molar-refractivity contribution in [2.75, 3.05) is 0 Å². The summed E-state index contributed by atoms with van der Waals surface area (Å²) < 4.78 is 1.99. The molecule has 66 valence electrons. The predicted molar refractivity (Wildman–Crippen MR) is 60.7 cm³/mol. The van der Waals surface area contributed by atoms with E-state index in [4.69, 9.17) is 0 Å². The lowest BCUT2D eigenvalue weighted by atomic mass is 10.4. The van der Waals surface area contributed by atoms with Crippen molar-refractivity contribution in [3.05, 3.63) is 32.8 Å². The van der Waals surface area contributed by atoms with Gasteiger partial charge in [-0.05, 0) is 44.0 Å². The Labute approximate surface area is 96.3 Å². The molecular weight excluding hydrogens is 316 g/mol. The third kappa shape index (κ3) is 2.15. The molecule has 2 nitrogen and oxygen atoms in total. The normalized spacial score (nSPS) is 10.3. The first-order chi connectivity index (χ1) is 6.25. The highest BCUT2D eigenvalue weighted by Crippen LogP contribution is 2.28. The van der Waals surface area contributed by atoms with Crippen molar-refractivity contribution in [2.45, 2.75) is 0 Å². The molecule has 13 heavy (non-hydrogen) atoms. The van der Waals surface area contributed by atoms with Gasteiger partial charge in [-0.3, -0.25) is 0 Å². The highest BCUT2D eigenvalue weighted by molar-refractivity contribution is 9.11. The Morgan fingerprint density at radius 2 is 1.77 bits per heavy atom. The zero-order chi connectivity index (χ0) is 9.26. The van der Waals surface area contributed by atoms with E-state index in [1.54, 1.807) is 23.7 Å². The van der Waals surface area contributed by atoms with Crippen molar-refractivity contribution >= 4 is 43.2 Å². The van der Waals surface area contributed by atoms with E-state index in [0.29, 0.717) is 0 Å². The number of rotatable bonds is 1. The maximum Gasteiger partial charge on any atom is 0.169 e. The summed E-state index contributed by atoms with van der Waals surface area (Å²) in [6.07, 6.45) is 3.49. The van der Waals surface area contributed by atoms with E-state index >= 15 is 0 Å². The zero-order valence-corrected chi connectivity index (χ0v) is 10.4. The molecule has 0 spiro atoms.